The average molecular weight is 887 g/mol. The number of nitrogens with zero attached hydrogens (tertiary/aromatic N) is 1. The zero-order valence-corrected chi connectivity index (χ0v) is 36.1. The number of hydrogen-bond acceptors (Lipinski definition) is 6. The molecule has 2 saturated heterocycles. The maximum Gasteiger partial charge on any atom is 0.255 e. The number of halogens is 3. The Bertz CT molecular complexity index is 2650. The molecule has 4 aromatic rings. The maximum absolute atomic E-state index is 16.2. The van der Waals surface area contributed by atoms with Crippen molar-refractivity contribution in [2.45, 2.75) is 106 Å². The highest BCUT2D eigenvalue weighted by atomic mass is 35.5. The molecule has 5 aliphatic rings. The number of nitrogens with one attached hydrogen (secondary N) is 4. The third-order valence-corrected chi connectivity index (χ3v) is 14.2. The van der Waals surface area contributed by atoms with Gasteiger partial charge in [0.2, 0.25) is 17.7 Å². The van der Waals surface area contributed by atoms with Crippen molar-refractivity contribution in [2.24, 2.45) is 0 Å². The van der Waals surface area contributed by atoms with Gasteiger partial charge in [-0.3, -0.25) is 29.3 Å². The minimum absolute atomic E-state index is 0.0446. The summed E-state index contributed by atoms with van der Waals surface area (Å²) in [7, 11) is 0. The second kappa shape index (κ2) is 17.1. The quantitative estimate of drug-likeness (QED) is 0.0753. The van der Waals surface area contributed by atoms with Crippen molar-refractivity contribution < 1.29 is 28.4 Å². The molecule has 3 fully saturated rings. The molecule has 0 aromatic heterocycles. The van der Waals surface area contributed by atoms with E-state index >= 15 is 4.39 Å². The summed E-state index contributed by atoms with van der Waals surface area (Å²) in [6.45, 7) is 4.16. The lowest BCUT2D eigenvalue weighted by molar-refractivity contribution is -0.126. The van der Waals surface area contributed by atoms with E-state index in [0.717, 1.165) is 30.4 Å². The standard InChI is InChI=1S/C50H46Cl2FN5O5/c1-29-17-24-40(45(60)54-29)58-28-36-30(12-9-13-34(36)47(58)62)11-5-2-3-6-16-41(59)31-18-21-33(22-19-31)55-46(61)44-42(35-14-10-15-38(52)43(35)53)50(49(57-44)25-7-4-8-26-49)37-23-20-32(51)27-39(37)56-48(50)63/h9-10,12-15,18-23,27,40,42,44,57H,1-4,6-8,16-17,24-26,28H2,(H,54,60)(H,55,61)(H,56,63)/t40?,42?,44-,50-/m1/s1. The predicted molar refractivity (Wildman–Crippen MR) is 240 cm³/mol. The number of Topliss-reactive ketones (excluding diaryl/α,β-unsaturated/α-hetero) is 1. The van der Waals surface area contributed by atoms with Gasteiger partial charge in [0.1, 0.15) is 17.3 Å². The highest BCUT2D eigenvalue weighted by molar-refractivity contribution is 6.31. The van der Waals surface area contributed by atoms with Crippen molar-refractivity contribution in [3.63, 3.8) is 0 Å². The Balaban J connectivity index is 0.860. The van der Waals surface area contributed by atoms with Crippen molar-refractivity contribution in [1.82, 2.24) is 15.5 Å². The van der Waals surface area contributed by atoms with Crippen molar-refractivity contribution in [2.75, 3.05) is 10.6 Å². The number of fused-ring (bicyclic) bond motifs is 4. The van der Waals surface area contributed by atoms with E-state index < -0.39 is 40.7 Å². The van der Waals surface area contributed by atoms with Crippen molar-refractivity contribution in [3.05, 3.63) is 140 Å². The Hall–Kier alpha value is -5.80. The largest absolute Gasteiger partial charge is 0.329 e. The first-order valence-electron chi connectivity index (χ1n) is 21.6. The first kappa shape index (κ1) is 42.5. The van der Waals surface area contributed by atoms with Crippen LogP contribution in [0, 0.1) is 17.7 Å². The van der Waals surface area contributed by atoms with E-state index in [1.807, 2.05) is 12.1 Å². The minimum atomic E-state index is -1.35. The number of benzene rings is 4. The summed E-state index contributed by atoms with van der Waals surface area (Å²) < 4.78 is 16.2. The van der Waals surface area contributed by atoms with Gasteiger partial charge >= 0.3 is 0 Å². The normalized spacial score (nSPS) is 23.2. The zero-order chi connectivity index (χ0) is 44.0. The average Bonchev–Trinajstić information content (AvgIpc) is 3.87. The van der Waals surface area contributed by atoms with Gasteiger partial charge < -0.3 is 20.9 Å². The molecule has 4 amide bonds. The molecular formula is C50H46Cl2FN5O5. The number of unbranched alkanes of at least 4 members (excludes halogenated alkanes) is 2. The molecule has 4 heterocycles. The van der Waals surface area contributed by atoms with Crippen LogP contribution in [0.2, 0.25) is 10.0 Å². The van der Waals surface area contributed by atoms with E-state index in [1.54, 1.807) is 65.6 Å². The lowest BCUT2D eigenvalue weighted by atomic mass is 9.55. The summed E-state index contributed by atoms with van der Waals surface area (Å²) in [5.74, 6) is 3.59. The summed E-state index contributed by atoms with van der Waals surface area (Å²) in [5.41, 5.74) is 2.94. The van der Waals surface area contributed by atoms with Gasteiger partial charge in [0, 0.05) is 69.6 Å². The molecule has 4 aromatic carbocycles. The Morgan fingerprint density at radius 1 is 0.937 bits per heavy atom. The Kier molecular flexibility index (Phi) is 11.5. The van der Waals surface area contributed by atoms with Crippen LogP contribution in [-0.4, -0.2) is 51.9 Å². The van der Waals surface area contributed by atoms with Crippen LogP contribution in [-0.2, 0) is 26.3 Å². The third kappa shape index (κ3) is 7.42. The molecule has 0 bridgehead atoms. The summed E-state index contributed by atoms with van der Waals surface area (Å²) in [5, 5.41) is 12.8. The van der Waals surface area contributed by atoms with E-state index in [2.05, 4.69) is 39.7 Å². The SMILES string of the molecule is C=C1CCC(N2Cc3c(C#CCCCCC(=O)c4ccc(NC(=O)[C@@H]5NC6(CCCCC6)[C@@]6(C(=O)Nc7cc(Cl)ccc76)C5c5cccc(Cl)c5F)cc4)cccc3C2=O)C(=O)N1. The van der Waals surface area contributed by atoms with Gasteiger partial charge in [-0.15, -0.1) is 0 Å². The fourth-order valence-electron chi connectivity index (χ4n) is 10.8. The van der Waals surface area contributed by atoms with Gasteiger partial charge in [0.15, 0.2) is 5.78 Å². The molecule has 322 valence electrons. The summed E-state index contributed by atoms with van der Waals surface area (Å²) in [4.78, 5) is 69.8. The van der Waals surface area contributed by atoms with Crippen LogP contribution in [0.5, 0.6) is 0 Å². The van der Waals surface area contributed by atoms with Crippen molar-refractivity contribution in [3.8, 4) is 11.8 Å². The first-order chi connectivity index (χ1) is 30.4. The molecule has 63 heavy (non-hydrogen) atoms. The summed E-state index contributed by atoms with van der Waals surface area (Å²) >= 11 is 12.8. The fourth-order valence-corrected chi connectivity index (χ4v) is 11.1. The Labute approximate surface area is 375 Å². The smallest absolute Gasteiger partial charge is 0.255 e. The lowest BCUT2D eigenvalue weighted by Gasteiger charge is -2.47. The molecule has 13 heteroatoms. The summed E-state index contributed by atoms with van der Waals surface area (Å²) in [6.07, 6.45) is 7.18. The second-order valence-electron chi connectivity index (χ2n) is 17.2. The van der Waals surface area contributed by atoms with Crippen LogP contribution < -0.4 is 21.3 Å². The predicted octanol–water partition coefficient (Wildman–Crippen LogP) is 8.96. The number of hydrogen-bond donors (Lipinski definition) is 4. The Morgan fingerprint density at radius 2 is 1.71 bits per heavy atom. The molecule has 1 saturated carbocycles. The van der Waals surface area contributed by atoms with Crippen LogP contribution in [0.25, 0.3) is 0 Å². The zero-order valence-electron chi connectivity index (χ0n) is 34.6. The number of allylic oxidation sites excluding steroid dienone is 1. The van der Waals surface area contributed by atoms with E-state index in [9.17, 15) is 24.0 Å². The van der Waals surface area contributed by atoms with Gasteiger partial charge in [0.05, 0.1) is 11.1 Å². The van der Waals surface area contributed by atoms with Gasteiger partial charge in [-0.25, -0.2) is 4.39 Å². The number of rotatable bonds is 9. The highest BCUT2D eigenvalue weighted by Gasteiger charge is 2.72. The van der Waals surface area contributed by atoms with E-state index in [4.69, 9.17) is 23.2 Å². The van der Waals surface area contributed by atoms with Gasteiger partial charge in [0.25, 0.3) is 5.91 Å². The van der Waals surface area contributed by atoms with E-state index in [1.165, 1.54) is 6.07 Å². The van der Waals surface area contributed by atoms with Crippen molar-refractivity contribution >= 4 is 64.0 Å². The molecule has 4 atom stereocenters. The second-order valence-corrected chi connectivity index (χ2v) is 18.1. The third-order valence-electron chi connectivity index (χ3n) is 13.7. The van der Waals surface area contributed by atoms with E-state index in [-0.39, 0.29) is 34.1 Å². The van der Waals surface area contributed by atoms with E-state index in [0.29, 0.717) is 96.7 Å². The molecular weight excluding hydrogens is 840 g/mol. The number of anilines is 2. The number of ketones is 1. The number of piperidine rings is 1. The van der Waals surface area contributed by atoms with Gasteiger partial charge in [-0.1, -0.05) is 85.1 Å². The minimum Gasteiger partial charge on any atom is -0.329 e. The summed E-state index contributed by atoms with van der Waals surface area (Å²) in [6, 6.07) is 20.5. The van der Waals surface area contributed by atoms with Crippen LogP contribution in [0.3, 0.4) is 0 Å². The number of amides is 4. The monoisotopic (exact) mass is 885 g/mol. The fraction of sp³-hybridized carbons (Fsp3) is 0.340. The molecule has 4 N–H and O–H groups in total. The van der Waals surface area contributed by atoms with Crippen molar-refractivity contribution in [1.29, 1.82) is 0 Å². The number of carbonyl (C=O) groups is 5. The molecule has 1 aliphatic carbocycles. The van der Waals surface area contributed by atoms with Crippen LogP contribution in [0.1, 0.15) is 120 Å². The molecule has 4 aliphatic heterocycles. The lowest BCUT2D eigenvalue weighted by Crippen LogP contribution is -2.60. The molecule has 2 spiro atoms. The molecule has 10 nitrogen and oxygen atoms in total. The topological polar surface area (TPSA) is 137 Å². The molecule has 2 unspecified atom stereocenters. The van der Waals surface area contributed by atoms with Crippen LogP contribution in [0.15, 0.2) is 91.1 Å². The first-order valence-corrected chi connectivity index (χ1v) is 22.3. The highest BCUT2D eigenvalue weighted by Crippen LogP contribution is 2.63. The Morgan fingerprint density at radius 3 is 2.49 bits per heavy atom. The number of carbonyl (C=O) groups excluding carboxylic acids is 5. The van der Waals surface area contributed by atoms with Crippen LogP contribution >= 0.6 is 23.2 Å². The maximum atomic E-state index is 16.2. The van der Waals surface area contributed by atoms with Crippen LogP contribution in [0.4, 0.5) is 15.8 Å². The van der Waals surface area contributed by atoms with Gasteiger partial charge in [-0.05, 0) is 110 Å². The van der Waals surface area contributed by atoms with Gasteiger partial charge in [-0.2, -0.15) is 0 Å². The molecule has 9 rings (SSSR count). The molecule has 0 radical (unpaired) electrons.